The molecule has 1 saturated carbocycles. The minimum atomic E-state index is -0.720. The normalized spacial score (nSPS) is 30.6. The molecule has 1 aromatic heterocycles. The molecule has 1 saturated heterocycles. The molecule has 1 aliphatic carbocycles. The van der Waals surface area contributed by atoms with Crippen LogP contribution < -0.4 is 5.32 Å². The fourth-order valence-corrected chi connectivity index (χ4v) is 3.58. The summed E-state index contributed by atoms with van der Waals surface area (Å²) in [6.45, 7) is 6.07. The van der Waals surface area contributed by atoms with Crippen molar-refractivity contribution in [3.8, 4) is 0 Å². The average molecular weight is 293 g/mol. The van der Waals surface area contributed by atoms with Crippen LogP contribution in [0.2, 0.25) is 0 Å². The summed E-state index contributed by atoms with van der Waals surface area (Å²) in [5.41, 5.74) is 2.00. The van der Waals surface area contributed by atoms with Gasteiger partial charge in [-0.2, -0.15) is 0 Å². The van der Waals surface area contributed by atoms with E-state index in [0.29, 0.717) is 6.54 Å². The number of hydrogen-bond donors (Lipinski definition) is 1. The van der Waals surface area contributed by atoms with Crippen LogP contribution in [0.15, 0.2) is 5.51 Å². The van der Waals surface area contributed by atoms with Gasteiger partial charge in [-0.1, -0.05) is 0 Å². The van der Waals surface area contributed by atoms with E-state index < -0.39 is 11.6 Å². The monoisotopic (exact) mass is 293 g/mol. The number of nitrogens with zero attached hydrogens (tertiary/aromatic N) is 2. The zero-order valence-corrected chi connectivity index (χ0v) is 12.8. The summed E-state index contributed by atoms with van der Waals surface area (Å²) in [5.74, 6) is 0.276. The predicted molar refractivity (Wildman–Crippen MR) is 76.1 cm³/mol. The van der Waals surface area contributed by atoms with Crippen LogP contribution in [0, 0.1) is 12.8 Å². The van der Waals surface area contributed by atoms with Gasteiger partial charge in [-0.15, -0.1) is 11.3 Å². The summed E-state index contributed by atoms with van der Waals surface area (Å²) in [6, 6.07) is -0.421. The quantitative estimate of drug-likeness (QED) is 0.918. The van der Waals surface area contributed by atoms with Crippen molar-refractivity contribution in [1.29, 1.82) is 0 Å². The molecule has 1 aromatic rings. The predicted octanol–water partition coefficient (Wildman–Crippen LogP) is 1.47. The van der Waals surface area contributed by atoms with Gasteiger partial charge in [-0.05, 0) is 39.5 Å². The van der Waals surface area contributed by atoms with Gasteiger partial charge in [-0.3, -0.25) is 9.59 Å². The highest BCUT2D eigenvalue weighted by Gasteiger charge is 2.54. The van der Waals surface area contributed by atoms with Gasteiger partial charge in [0.15, 0.2) is 0 Å². The summed E-state index contributed by atoms with van der Waals surface area (Å²) in [6.07, 6.45) is 2.04. The van der Waals surface area contributed by atoms with Gasteiger partial charge in [0.2, 0.25) is 11.8 Å². The van der Waals surface area contributed by atoms with Gasteiger partial charge < -0.3 is 10.2 Å². The molecular formula is C14H19N3O2S. The molecule has 5 nitrogen and oxygen atoms in total. The lowest BCUT2D eigenvalue weighted by atomic mass is 9.89. The third-order valence-corrected chi connectivity index (χ3v) is 5.41. The summed E-state index contributed by atoms with van der Waals surface area (Å²) >= 11 is 1.54. The highest BCUT2D eigenvalue weighted by atomic mass is 32.1. The number of thiazole rings is 1. The Bertz CT molecular complexity index is 567. The van der Waals surface area contributed by atoms with E-state index in [1.54, 1.807) is 17.3 Å². The molecule has 3 rings (SSSR count). The number of carbonyl (C=O) groups is 2. The number of amides is 2. The van der Waals surface area contributed by atoms with E-state index in [2.05, 4.69) is 10.3 Å². The first-order chi connectivity index (χ1) is 9.43. The standard InChI is InChI=1S/C14H19N3O2S/c1-8-11(20-7-15-8)6-17-9(2)12(18)16-14(3,13(17)19)10-4-5-10/h7,9-10H,4-6H2,1-3H3,(H,16,18). The molecule has 2 atom stereocenters. The Hall–Kier alpha value is -1.43. The molecule has 2 heterocycles. The van der Waals surface area contributed by atoms with E-state index in [0.717, 1.165) is 23.4 Å². The Morgan fingerprint density at radius 3 is 2.75 bits per heavy atom. The Labute approximate surface area is 122 Å². The van der Waals surface area contributed by atoms with Crippen molar-refractivity contribution < 1.29 is 9.59 Å². The highest BCUT2D eigenvalue weighted by Crippen LogP contribution is 2.42. The maximum Gasteiger partial charge on any atom is 0.249 e. The number of piperazine rings is 1. The Balaban J connectivity index is 1.89. The molecule has 0 aromatic carbocycles. The van der Waals surface area contributed by atoms with Crippen molar-refractivity contribution in [2.75, 3.05) is 0 Å². The van der Waals surface area contributed by atoms with Gasteiger partial charge in [0.25, 0.3) is 0 Å². The third-order valence-electron chi connectivity index (χ3n) is 4.49. The molecule has 1 aliphatic heterocycles. The Kier molecular flexibility index (Phi) is 3.08. The van der Waals surface area contributed by atoms with Crippen LogP contribution in [-0.2, 0) is 16.1 Å². The first-order valence-corrected chi connectivity index (χ1v) is 7.83. The van der Waals surface area contributed by atoms with Crippen LogP contribution in [-0.4, -0.2) is 33.3 Å². The molecule has 6 heteroatoms. The summed E-state index contributed by atoms with van der Waals surface area (Å²) in [5, 5.41) is 2.94. The second kappa shape index (κ2) is 4.55. The second-order valence-corrected chi connectivity index (χ2v) is 6.88. The largest absolute Gasteiger partial charge is 0.340 e. The van der Waals surface area contributed by atoms with Crippen molar-refractivity contribution in [2.45, 2.75) is 51.7 Å². The van der Waals surface area contributed by atoms with Crippen LogP contribution in [0.4, 0.5) is 0 Å². The molecule has 0 bridgehead atoms. The second-order valence-electron chi connectivity index (χ2n) is 5.94. The maximum atomic E-state index is 12.8. The van der Waals surface area contributed by atoms with Gasteiger partial charge in [0.1, 0.15) is 11.6 Å². The van der Waals surface area contributed by atoms with E-state index in [-0.39, 0.29) is 17.7 Å². The van der Waals surface area contributed by atoms with Crippen molar-refractivity contribution >= 4 is 23.2 Å². The van der Waals surface area contributed by atoms with Crippen LogP contribution in [0.1, 0.15) is 37.3 Å². The number of aromatic nitrogens is 1. The fraction of sp³-hybridized carbons (Fsp3) is 0.643. The van der Waals surface area contributed by atoms with Crippen molar-refractivity contribution in [2.24, 2.45) is 5.92 Å². The fourth-order valence-electron chi connectivity index (χ4n) is 2.81. The topological polar surface area (TPSA) is 62.3 Å². The molecule has 0 radical (unpaired) electrons. The Morgan fingerprint density at radius 2 is 2.20 bits per heavy atom. The molecule has 2 unspecified atom stereocenters. The van der Waals surface area contributed by atoms with Gasteiger partial charge in [-0.25, -0.2) is 4.98 Å². The van der Waals surface area contributed by atoms with E-state index in [4.69, 9.17) is 0 Å². The van der Waals surface area contributed by atoms with E-state index in [1.165, 1.54) is 11.3 Å². The lowest BCUT2D eigenvalue weighted by Gasteiger charge is -2.43. The summed E-state index contributed by atoms with van der Waals surface area (Å²) in [7, 11) is 0. The lowest BCUT2D eigenvalue weighted by Crippen LogP contribution is -2.69. The molecule has 2 aliphatic rings. The lowest BCUT2D eigenvalue weighted by molar-refractivity contribution is -0.155. The summed E-state index contributed by atoms with van der Waals surface area (Å²) in [4.78, 5) is 32.0. The SMILES string of the molecule is Cc1ncsc1CN1C(=O)C(C)(C2CC2)NC(=O)C1C. The number of rotatable bonds is 3. The first kappa shape index (κ1) is 13.5. The maximum absolute atomic E-state index is 12.8. The van der Waals surface area contributed by atoms with Crippen molar-refractivity contribution in [3.63, 3.8) is 0 Å². The molecule has 20 heavy (non-hydrogen) atoms. The average Bonchev–Trinajstić information content (AvgIpc) is 3.18. The number of aryl methyl sites for hydroxylation is 1. The molecule has 0 spiro atoms. The Morgan fingerprint density at radius 1 is 1.50 bits per heavy atom. The van der Waals surface area contributed by atoms with Crippen LogP contribution in [0.3, 0.4) is 0 Å². The van der Waals surface area contributed by atoms with Gasteiger partial charge >= 0.3 is 0 Å². The number of nitrogens with one attached hydrogen (secondary N) is 1. The summed E-state index contributed by atoms with van der Waals surface area (Å²) < 4.78 is 0. The number of hydrogen-bond acceptors (Lipinski definition) is 4. The zero-order chi connectivity index (χ0) is 14.5. The van der Waals surface area contributed by atoms with Crippen molar-refractivity contribution in [3.05, 3.63) is 16.1 Å². The molecular weight excluding hydrogens is 274 g/mol. The van der Waals surface area contributed by atoms with Crippen LogP contribution >= 0.6 is 11.3 Å². The van der Waals surface area contributed by atoms with Crippen molar-refractivity contribution in [1.82, 2.24) is 15.2 Å². The van der Waals surface area contributed by atoms with Gasteiger partial charge in [0, 0.05) is 4.88 Å². The zero-order valence-electron chi connectivity index (χ0n) is 12.0. The van der Waals surface area contributed by atoms with Gasteiger partial charge in [0.05, 0.1) is 17.7 Å². The molecule has 1 N–H and O–H groups in total. The molecule has 108 valence electrons. The third kappa shape index (κ3) is 2.02. The van der Waals surface area contributed by atoms with E-state index in [9.17, 15) is 9.59 Å². The molecule has 2 fully saturated rings. The number of carbonyl (C=O) groups excluding carboxylic acids is 2. The van der Waals surface area contributed by atoms with Crippen LogP contribution in [0.25, 0.3) is 0 Å². The smallest absolute Gasteiger partial charge is 0.249 e. The minimum Gasteiger partial charge on any atom is -0.340 e. The first-order valence-electron chi connectivity index (χ1n) is 6.95. The molecule has 2 amide bonds. The van der Waals surface area contributed by atoms with Crippen LogP contribution in [0.5, 0.6) is 0 Å². The highest BCUT2D eigenvalue weighted by molar-refractivity contribution is 7.09. The minimum absolute atomic E-state index is 0.0416. The van der Waals surface area contributed by atoms with E-state index in [1.807, 2.05) is 13.8 Å². The van der Waals surface area contributed by atoms with E-state index >= 15 is 0 Å².